The van der Waals surface area contributed by atoms with E-state index in [9.17, 15) is 15.2 Å². The lowest BCUT2D eigenvalue weighted by Crippen LogP contribution is -1.89. The van der Waals surface area contributed by atoms with Crippen molar-refractivity contribution in [2.75, 3.05) is 0 Å². The Kier molecular flexibility index (Phi) is 1.59. The van der Waals surface area contributed by atoms with E-state index in [1.165, 1.54) is 6.07 Å². The highest BCUT2D eigenvalue weighted by Gasteiger charge is 2.20. The van der Waals surface area contributed by atoms with Crippen molar-refractivity contribution in [1.82, 2.24) is 9.59 Å². The molecule has 1 aromatic carbocycles. The Morgan fingerprint density at radius 2 is 2.31 bits per heavy atom. The van der Waals surface area contributed by atoms with Crippen LogP contribution in [0, 0.1) is 10.1 Å². The topological polar surface area (TPSA) is 89.2 Å². The second-order valence-electron chi connectivity index (χ2n) is 2.31. The van der Waals surface area contributed by atoms with E-state index in [1.54, 1.807) is 6.07 Å². The zero-order valence-corrected chi connectivity index (χ0v) is 6.98. The predicted molar refractivity (Wildman–Crippen MR) is 45.7 cm³/mol. The maximum atomic E-state index is 10.5. The average Bonchev–Trinajstić information content (AvgIpc) is 2.50. The molecule has 0 saturated heterocycles. The normalized spacial score (nSPS) is 10.5. The van der Waals surface area contributed by atoms with Crippen LogP contribution in [-0.4, -0.2) is 19.6 Å². The van der Waals surface area contributed by atoms with Gasteiger partial charge in [-0.1, -0.05) is 4.49 Å². The van der Waals surface area contributed by atoms with Gasteiger partial charge in [-0.2, -0.15) is 0 Å². The van der Waals surface area contributed by atoms with Crippen molar-refractivity contribution in [2.24, 2.45) is 0 Å². The SMILES string of the molecule is O=[N+]([O-])c1c(O)ccc2snnc12. The van der Waals surface area contributed by atoms with Crippen molar-refractivity contribution in [2.45, 2.75) is 0 Å². The van der Waals surface area contributed by atoms with Crippen molar-refractivity contribution in [3.8, 4) is 5.75 Å². The molecule has 2 aromatic rings. The Labute approximate surface area is 75.7 Å². The second-order valence-corrected chi connectivity index (χ2v) is 3.10. The molecule has 0 amide bonds. The molecule has 0 atom stereocenters. The number of aromatic nitrogens is 2. The quantitative estimate of drug-likeness (QED) is 0.549. The van der Waals surface area contributed by atoms with Gasteiger partial charge in [0, 0.05) is 0 Å². The van der Waals surface area contributed by atoms with Gasteiger partial charge in [0.15, 0.2) is 11.3 Å². The molecule has 0 unspecified atom stereocenters. The van der Waals surface area contributed by atoms with Gasteiger partial charge in [-0.3, -0.25) is 10.1 Å². The number of benzene rings is 1. The van der Waals surface area contributed by atoms with Gasteiger partial charge in [-0.15, -0.1) is 5.10 Å². The summed E-state index contributed by atoms with van der Waals surface area (Å²) >= 11 is 1.05. The molecule has 0 aliphatic rings. The molecular formula is C6H3N3O3S. The van der Waals surface area contributed by atoms with E-state index >= 15 is 0 Å². The Morgan fingerprint density at radius 1 is 1.54 bits per heavy atom. The van der Waals surface area contributed by atoms with Gasteiger partial charge in [-0.25, -0.2) is 0 Å². The molecule has 0 aliphatic carbocycles. The lowest BCUT2D eigenvalue weighted by atomic mass is 10.3. The molecule has 6 nitrogen and oxygen atoms in total. The summed E-state index contributed by atoms with van der Waals surface area (Å²) in [5.41, 5.74) is -0.249. The standard InChI is InChI=1S/C6H3N3O3S/c10-3-1-2-4-5(7-8-13-4)6(3)9(11)12/h1-2,10H. The number of fused-ring (bicyclic) bond motifs is 1. The summed E-state index contributed by atoms with van der Waals surface area (Å²) in [6, 6.07) is 2.81. The first-order valence-electron chi connectivity index (χ1n) is 3.28. The zero-order valence-electron chi connectivity index (χ0n) is 6.17. The molecule has 66 valence electrons. The van der Waals surface area contributed by atoms with Crippen LogP contribution in [0.5, 0.6) is 5.75 Å². The molecule has 7 heteroatoms. The van der Waals surface area contributed by atoms with Gasteiger partial charge < -0.3 is 5.11 Å². The van der Waals surface area contributed by atoms with Gasteiger partial charge in [0.2, 0.25) is 0 Å². The number of hydrogen-bond acceptors (Lipinski definition) is 6. The minimum Gasteiger partial charge on any atom is -0.502 e. The van der Waals surface area contributed by atoms with Crippen LogP contribution in [0.4, 0.5) is 5.69 Å². The number of rotatable bonds is 1. The maximum Gasteiger partial charge on any atom is 0.339 e. The molecule has 0 bridgehead atoms. The molecule has 0 radical (unpaired) electrons. The predicted octanol–water partition coefficient (Wildman–Crippen LogP) is 1.31. The highest BCUT2D eigenvalue weighted by molar-refractivity contribution is 7.13. The molecule has 13 heavy (non-hydrogen) atoms. The molecule has 0 saturated carbocycles. The summed E-state index contributed by atoms with van der Waals surface area (Å²) in [5.74, 6) is -0.384. The number of nitrogens with zero attached hydrogens (tertiary/aromatic N) is 3. The van der Waals surface area contributed by atoms with Crippen molar-refractivity contribution >= 4 is 27.4 Å². The molecule has 0 fully saturated rings. The van der Waals surface area contributed by atoms with Gasteiger partial charge in [-0.05, 0) is 23.7 Å². The molecule has 0 spiro atoms. The summed E-state index contributed by atoms with van der Waals surface area (Å²) in [6.07, 6.45) is 0. The summed E-state index contributed by atoms with van der Waals surface area (Å²) < 4.78 is 4.15. The van der Waals surface area contributed by atoms with Crippen LogP contribution in [0.3, 0.4) is 0 Å². The third-order valence-electron chi connectivity index (χ3n) is 1.56. The van der Waals surface area contributed by atoms with Gasteiger partial charge >= 0.3 is 5.69 Å². The Hall–Kier alpha value is -1.76. The van der Waals surface area contributed by atoms with Crippen LogP contribution in [0.2, 0.25) is 0 Å². The van der Waals surface area contributed by atoms with E-state index in [0.29, 0.717) is 4.70 Å². The number of phenolic OH excluding ortho intramolecular Hbond substituents is 1. The number of aromatic hydroxyl groups is 1. The lowest BCUT2D eigenvalue weighted by Gasteiger charge is -1.94. The van der Waals surface area contributed by atoms with Gasteiger partial charge in [0.25, 0.3) is 0 Å². The fourth-order valence-corrected chi connectivity index (χ4v) is 1.57. The fraction of sp³-hybridized carbons (Fsp3) is 0. The molecule has 1 N–H and O–H groups in total. The average molecular weight is 197 g/mol. The van der Waals surface area contributed by atoms with E-state index in [-0.39, 0.29) is 17.0 Å². The first-order chi connectivity index (χ1) is 6.20. The summed E-state index contributed by atoms with van der Waals surface area (Å²) in [6.45, 7) is 0. The number of hydrogen-bond donors (Lipinski definition) is 1. The van der Waals surface area contributed by atoms with Crippen LogP contribution in [-0.2, 0) is 0 Å². The highest BCUT2D eigenvalue weighted by Crippen LogP contribution is 2.33. The number of nitro groups is 1. The highest BCUT2D eigenvalue weighted by atomic mass is 32.1. The van der Waals surface area contributed by atoms with Gasteiger partial charge in [0.1, 0.15) is 0 Å². The largest absolute Gasteiger partial charge is 0.502 e. The van der Waals surface area contributed by atoms with Crippen LogP contribution >= 0.6 is 11.5 Å². The van der Waals surface area contributed by atoms with Crippen LogP contribution in [0.25, 0.3) is 10.2 Å². The minimum atomic E-state index is -0.668. The molecule has 2 rings (SSSR count). The smallest absolute Gasteiger partial charge is 0.339 e. The third-order valence-corrected chi connectivity index (χ3v) is 2.24. The Balaban J connectivity index is 2.88. The minimum absolute atomic E-state index is 0.134. The van der Waals surface area contributed by atoms with E-state index < -0.39 is 4.92 Å². The Morgan fingerprint density at radius 3 is 3.00 bits per heavy atom. The zero-order chi connectivity index (χ0) is 9.42. The Bertz CT molecular complexity index is 481. The van der Waals surface area contributed by atoms with E-state index in [0.717, 1.165) is 11.5 Å². The second kappa shape index (κ2) is 2.63. The van der Waals surface area contributed by atoms with Crippen LogP contribution < -0.4 is 0 Å². The molecule has 1 heterocycles. The lowest BCUT2D eigenvalue weighted by molar-refractivity contribution is -0.384. The fourth-order valence-electron chi connectivity index (χ4n) is 1.01. The van der Waals surface area contributed by atoms with Crippen LogP contribution in [0.15, 0.2) is 12.1 Å². The maximum absolute atomic E-state index is 10.5. The summed E-state index contributed by atoms with van der Waals surface area (Å²) in [4.78, 5) is 9.85. The van der Waals surface area contributed by atoms with Crippen molar-refractivity contribution in [3.63, 3.8) is 0 Å². The third kappa shape index (κ3) is 1.09. The van der Waals surface area contributed by atoms with Crippen molar-refractivity contribution in [1.29, 1.82) is 0 Å². The van der Waals surface area contributed by atoms with Crippen molar-refractivity contribution in [3.05, 3.63) is 22.2 Å². The number of phenols is 1. The first kappa shape index (κ1) is 7.87. The van der Waals surface area contributed by atoms with E-state index in [4.69, 9.17) is 0 Å². The van der Waals surface area contributed by atoms with E-state index in [2.05, 4.69) is 9.59 Å². The van der Waals surface area contributed by atoms with Crippen molar-refractivity contribution < 1.29 is 10.0 Å². The first-order valence-corrected chi connectivity index (χ1v) is 4.06. The molecule has 0 aliphatic heterocycles. The molecule has 1 aromatic heterocycles. The van der Waals surface area contributed by atoms with Gasteiger partial charge in [0.05, 0.1) is 9.62 Å². The molecular weight excluding hydrogens is 194 g/mol. The number of nitro benzene ring substituents is 1. The van der Waals surface area contributed by atoms with E-state index in [1.807, 2.05) is 0 Å². The summed E-state index contributed by atoms with van der Waals surface area (Å²) in [7, 11) is 0. The monoisotopic (exact) mass is 197 g/mol. The van der Waals surface area contributed by atoms with Crippen LogP contribution in [0.1, 0.15) is 0 Å². The summed E-state index contributed by atoms with van der Waals surface area (Å²) in [5, 5.41) is 23.3.